The fraction of sp³-hybridized carbons (Fsp3) is 0.571. The van der Waals surface area contributed by atoms with Crippen LogP contribution >= 0.6 is 0 Å². The zero-order chi connectivity index (χ0) is 13.2. The van der Waals surface area contributed by atoms with Crippen molar-refractivity contribution in [2.75, 3.05) is 34.0 Å². The maximum absolute atomic E-state index is 5.74. The molecule has 0 aliphatic carbocycles. The van der Waals surface area contributed by atoms with Gasteiger partial charge >= 0.3 is 0 Å². The van der Waals surface area contributed by atoms with Gasteiger partial charge in [-0.25, -0.2) is 0 Å². The lowest BCUT2D eigenvalue weighted by Crippen LogP contribution is -2.38. The van der Waals surface area contributed by atoms with Gasteiger partial charge in [-0.05, 0) is 25.1 Å². The Balaban J connectivity index is 2.44. The average Bonchev–Trinajstić information content (AvgIpc) is 2.42. The summed E-state index contributed by atoms with van der Waals surface area (Å²) < 4.78 is 16.1. The van der Waals surface area contributed by atoms with E-state index in [0.717, 1.165) is 24.5 Å². The first-order valence-corrected chi connectivity index (χ1v) is 6.29. The lowest BCUT2D eigenvalue weighted by molar-refractivity contribution is 0.136. The van der Waals surface area contributed by atoms with Crippen molar-refractivity contribution in [1.82, 2.24) is 5.32 Å². The highest BCUT2D eigenvalue weighted by molar-refractivity contribution is 5.32. The van der Waals surface area contributed by atoms with E-state index in [9.17, 15) is 0 Å². The highest BCUT2D eigenvalue weighted by Gasteiger charge is 2.08. The largest absolute Gasteiger partial charge is 0.497 e. The maximum atomic E-state index is 5.74. The smallest absolute Gasteiger partial charge is 0.123 e. The molecule has 1 rings (SSSR count). The topological polar surface area (TPSA) is 39.7 Å². The summed E-state index contributed by atoms with van der Waals surface area (Å²) in [6, 6.07) is 7.82. The molecule has 0 amide bonds. The summed E-state index contributed by atoms with van der Waals surface area (Å²) in [6.07, 6.45) is 1.10. The van der Waals surface area contributed by atoms with Gasteiger partial charge in [0.1, 0.15) is 18.1 Å². The summed E-state index contributed by atoms with van der Waals surface area (Å²) in [7, 11) is 3.35. The second-order valence-electron chi connectivity index (χ2n) is 4.10. The van der Waals surface area contributed by atoms with Gasteiger partial charge in [0.25, 0.3) is 0 Å². The van der Waals surface area contributed by atoms with Crippen LogP contribution in [0.3, 0.4) is 0 Å². The molecule has 0 saturated carbocycles. The molecular formula is C14H23NO3. The van der Waals surface area contributed by atoms with E-state index in [4.69, 9.17) is 14.2 Å². The van der Waals surface area contributed by atoms with E-state index in [1.54, 1.807) is 14.2 Å². The lowest BCUT2D eigenvalue weighted by atomic mass is 10.3. The van der Waals surface area contributed by atoms with Crippen molar-refractivity contribution in [3.63, 3.8) is 0 Å². The van der Waals surface area contributed by atoms with E-state index in [2.05, 4.69) is 12.2 Å². The van der Waals surface area contributed by atoms with Gasteiger partial charge in [-0.15, -0.1) is 0 Å². The van der Waals surface area contributed by atoms with Crippen LogP contribution in [-0.2, 0) is 4.74 Å². The quantitative estimate of drug-likeness (QED) is 0.731. The zero-order valence-corrected chi connectivity index (χ0v) is 11.4. The van der Waals surface area contributed by atoms with Gasteiger partial charge in [0.05, 0.1) is 19.8 Å². The number of methoxy groups -OCH3 is 2. The van der Waals surface area contributed by atoms with Crippen LogP contribution in [0.2, 0.25) is 0 Å². The molecule has 1 aromatic carbocycles. The van der Waals surface area contributed by atoms with Gasteiger partial charge in [-0.3, -0.25) is 0 Å². The lowest BCUT2D eigenvalue weighted by Gasteiger charge is -2.18. The summed E-state index contributed by atoms with van der Waals surface area (Å²) in [4.78, 5) is 0. The van der Waals surface area contributed by atoms with Crippen molar-refractivity contribution >= 4 is 0 Å². The summed E-state index contributed by atoms with van der Waals surface area (Å²) in [5.74, 6) is 1.62. The number of rotatable bonds is 9. The van der Waals surface area contributed by atoms with Gasteiger partial charge in [0.15, 0.2) is 0 Å². The summed E-state index contributed by atoms with van der Waals surface area (Å²) in [6.45, 7) is 4.33. The van der Waals surface area contributed by atoms with E-state index in [-0.39, 0.29) is 6.04 Å². The first kappa shape index (κ1) is 14.8. The average molecular weight is 253 g/mol. The Morgan fingerprint density at radius 1 is 1.17 bits per heavy atom. The maximum Gasteiger partial charge on any atom is 0.123 e. The third kappa shape index (κ3) is 5.38. The van der Waals surface area contributed by atoms with Gasteiger partial charge in [0.2, 0.25) is 0 Å². The Labute approximate surface area is 109 Å². The Kier molecular flexibility index (Phi) is 7.22. The molecule has 18 heavy (non-hydrogen) atoms. The highest BCUT2D eigenvalue weighted by Crippen LogP contribution is 2.18. The molecular weight excluding hydrogens is 230 g/mol. The molecule has 0 heterocycles. The second-order valence-corrected chi connectivity index (χ2v) is 4.10. The fourth-order valence-electron chi connectivity index (χ4n) is 1.60. The molecule has 1 unspecified atom stereocenters. The first-order valence-electron chi connectivity index (χ1n) is 6.29. The molecule has 102 valence electrons. The molecule has 0 aliphatic heterocycles. The molecule has 0 aliphatic rings. The molecule has 0 saturated heterocycles. The van der Waals surface area contributed by atoms with Crippen LogP contribution in [0.25, 0.3) is 0 Å². The summed E-state index contributed by atoms with van der Waals surface area (Å²) in [5.41, 5.74) is 0. The third-order valence-electron chi connectivity index (χ3n) is 2.54. The van der Waals surface area contributed by atoms with Crippen molar-refractivity contribution in [1.29, 1.82) is 0 Å². The van der Waals surface area contributed by atoms with E-state index in [1.165, 1.54) is 0 Å². The summed E-state index contributed by atoms with van der Waals surface area (Å²) in [5, 5.41) is 3.39. The highest BCUT2D eigenvalue weighted by atomic mass is 16.5. The summed E-state index contributed by atoms with van der Waals surface area (Å²) >= 11 is 0. The van der Waals surface area contributed by atoms with Crippen LogP contribution in [0.15, 0.2) is 24.3 Å². The minimum Gasteiger partial charge on any atom is -0.497 e. The molecule has 0 fully saturated rings. The Bertz CT molecular complexity index is 331. The van der Waals surface area contributed by atoms with Crippen LogP contribution in [0.5, 0.6) is 11.5 Å². The van der Waals surface area contributed by atoms with Crippen LogP contribution < -0.4 is 14.8 Å². The Morgan fingerprint density at radius 2 is 1.94 bits per heavy atom. The van der Waals surface area contributed by atoms with Gasteiger partial charge < -0.3 is 19.5 Å². The fourth-order valence-corrected chi connectivity index (χ4v) is 1.60. The minimum atomic E-state index is 0.209. The van der Waals surface area contributed by atoms with Crippen molar-refractivity contribution in [2.45, 2.75) is 19.4 Å². The minimum absolute atomic E-state index is 0.209. The number of benzene rings is 1. The predicted molar refractivity (Wildman–Crippen MR) is 72.4 cm³/mol. The molecule has 0 aromatic heterocycles. The third-order valence-corrected chi connectivity index (χ3v) is 2.54. The number of nitrogens with one attached hydrogen (secondary N) is 1. The monoisotopic (exact) mass is 253 g/mol. The van der Waals surface area contributed by atoms with E-state index >= 15 is 0 Å². The van der Waals surface area contributed by atoms with Gasteiger partial charge in [-0.2, -0.15) is 0 Å². The number of hydrogen-bond acceptors (Lipinski definition) is 4. The van der Waals surface area contributed by atoms with Crippen LogP contribution in [-0.4, -0.2) is 40.0 Å². The zero-order valence-electron chi connectivity index (χ0n) is 11.4. The number of ether oxygens (including phenoxy) is 3. The Morgan fingerprint density at radius 3 is 2.61 bits per heavy atom. The molecule has 1 aromatic rings. The number of hydrogen-bond donors (Lipinski definition) is 1. The van der Waals surface area contributed by atoms with Crippen molar-refractivity contribution in [3.05, 3.63) is 24.3 Å². The van der Waals surface area contributed by atoms with Gasteiger partial charge in [-0.1, -0.05) is 13.0 Å². The molecule has 0 spiro atoms. The Hall–Kier alpha value is -1.26. The molecule has 0 radical (unpaired) electrons. The second kappa shape index (κ2) is 8.78. The predicted octanol–water partition coefficient (Wildman–Crippen LogP) is 2.09. The van der Waals surface area contributed by atoms with Crippen LogP contribution in [0.4, 0.5) is 0 Å². The van der Waals surface area contributed by atoms with Crippen LogP contribution in [0, 0.1) is 0 Å². The SMILES string of the molecule is CCCNC(COC)COc1cccc(OC)c1. The van der Waals surface area contributed by atoms with E-state index in [0.29, 0.717) is 13.2 Å². The molecule has 4 nitrogen and oxygen atoms in total. The van der Waals surface area contributed by atoms with Crippen molar-refractivity contribution < 1.29 is 14.2 Å². The van der Waals surface area contributed by atoms with E-state index in [1.807, 2.05) is 24.3 Å². The molecule has 1 atom stereocenters. The van der Waals surface area contributed by atoms with Gasteiger partial charge in [0, 0.05) is 13.2 Å². The van der Waals surface area contributed by atoms with Crippen molar-refractivity contribution in [2.24, 2.45) is 0 Å². The van der Waals surface area contributed by atoms with E-state index < -0.39 is 0 Å². The standard InChI is InChI=1S/C14H23NO3/c1-4-8-15-12(10-16-2)11-18-14-7-5-6-13(9-14)17-3/h5-7,9,12,15H,4,8,10-11H2,1-3H3. The molecule has 4 heteroatoms. The molecule has 0 bridgehead atoms. The van der Waals surface area contributed by atoms with Crippen LogP contribution in [0.1, 0.15) is 13.3 Å². The molecule has 1 N–H and O–H groups in total. The van der Waals surface area contributed by atoms with Crippen molar-refractivity contribution in [3.8, 4) is 11.5 Å². The first-order chi connectivity index (χ1) is 8.80. The normalized spacial score (nSPS) is 12.2.